The summed E-state index contributed by atoms with van der Waals surface area (Å²) >= 11 is 0. The monoisotopic (exact) mass is 394 g/mol. The van der Waals surface area contributed by atoms with Crippen LogP contribution in [0.2, 0.25) is 0 Å². The van der Waals surface area contributed by atoms with Gasteiger partial charge in [-0.3, -0.25) is 10.1 Å². The molecule has 1 aliphatic rings. The number of fused-ring (bicyclic) bond motifs is 1. The molecule has 0 saturated carbocycles. The summed E-state index contributed by atoms with van der Waals surface area (Å²) in [5.41, 5.74) is 2.69. The van der Waals surface area contributed by atoms with Crippen LogP contribution < -0.4 is 10.1 Å². The molecule has 0 spiro atoms. The van der Waals surface area contributed by atoms with Crippen molar-refractivity contribution in [3.8, 4) is 5.75 Å². The number of hydrogen-bond donors (Lipinski definition) is 4. The number of ether oxygens (including phenoxy) is 1. The Labute approximate surface area is 169 Å². The van der Waals surface area contributed by atoms with Crippen LogP contribution in [0.4, 0.5) is 0 Å². The van der Waals surface area contributed by atoms with Gasteiger partial charge >= 0.3 is 0 Å². The van der Waals surface area contributed by atoms with E-state index < -0.39 is 6.10 Å². The van der Waals surface area contributed by atoms with Crippen LogP contribution in [0.5, 0.6) is 5.75 Å². The van der Waals surface area contributed by atoms with Crippen molar-refractivity contribution in [3.05, 3.63) is 47.8 Å². The predicted octanol–water partition coefficient (Wildman–Crippen LogP) is 2.61. The van der Waals surface area contributed by atoms with Crippen molar-refractivity contribution in [3.63, 3.8) is 0 Å². The van der Waals surface area contributed by atoms with Gasteiger partial charge in [0, 0.05) is 29.9 Å². The molecule has 1 aliphatic heterocycles. The molecule has 0 bridgehead atoms. The first-order chi connectivity index (χ1) is 14.0. The molecule has 0 fully saturated rings. The van der Waals surface area contributed by atoms with Crippen LogP contribution >= 0.6 is 0 Å². The number of H-pyrrole nitrogens is 1. The predicted molar refractivity (Wildman–Crippen MR) is 116 cm³/mol. The number of allylic oxidation sites excluding steroid dienone is 2. The minimum atomic E-state index is -0.486. The molecule has 1 aromatic carbocycles. The van der Waals surface area contributed by atoms with Crippen molar-refractivity contribution in [2.75, 3.05) is 13.1 Å². The van der Waals surface area contributed by atoms with E-state index in [1.807, 2.05) is 44.2 Å². The Kier molecular flexibility index (Phi) is 6.56. The third kappa shape index (κ3) is 5.17. The van der Waals surface area contributed by atoms with Crippen molar-refractivity contribution < 1.29 is 9.84 Å². The average molecular weight is 394 g/mol. The van der Waals surface area contributed by atoms with E-state index in [0.717, 1.165) is 16.7 Å². The van der Waals surface area contributed by atoms with Gasteiger partial charge in [-0.1, -0.05) is 6.08 Å². The maximum Gasteiger partial charge on any atom is 0.176 e. The van der Waals surface area contributed by atoms with E-state index in [1.54, 1.807) is 13.1 Å². The number of hydrogen-bond acceptors (Lipinski definition) is 7. The van der Waals surface area contributed by atoms with Gasteiger partial charge in [-0.15, -0.1) is 0 Å². The van der Waals surface area contributed by atoms with E-state index in [-0.39, 0.29) is 6.10 Å². The number of amidine groups is 1. The van der Waals surface area contributed by atoms with E-state index >= 15 is 0 Å². The molecule has 1 atom stereocenters. The molecule has 2 heterocycles. The molecular formula is C21H26N6O2. The number of benzene rings is 1. The van der Waals surface area contributed by atoms with Gasteiger partial charge < -0.3 is 20.6 Å². The quantitative estimate of drug-likeness (QED) is 0.515. The van der Waals surface area contributed by atoms with Crippen LogP contribution in [-0.2, 0) is 0 Å². The van der Waals surface area contributed by atoms with E-state index in [0.29, 0.717) is 35.9 Å². The molecule has 8 heteroatoms. The summed E-state index contributed by atoms with van der Waals surface area (Å²) < 4.78 is 5.80. The van der Waals surface area contributed by atoms with Gasteiger partial charge in [0.25, 0.3) is 0 Å². The lowest BCUT2D eigenvalue weighted by atomic mass is 10.1. The summed E-state index contributed by atoms with van der Waals surface area (Å²) in [5, 5.41) is 28.4. The smallest absolute Gasteiger partial charge is 0.176 e. The summed E-state index contributed by atoms with van der Waals surface area (Å²) in [4.78, 5) is 9.20. The first kappa shape index (κ1) is 20.5. The summed E-state index contributed by atoms with van der Waals surface area (Å²) in [7, 11) is 0. The van der Waals surface area contributed by atoms with E-state index in [2.05, 4.69) is 25.5 Å². The Hall–Kier alpha value is -3.26. The fourth-order valence-corrected chi connectivity index (χ4v) is 2.82. The molecule has 152 valence electrons. The minimum Gasteiger partial charge on any atom is -0.491 e. The standard InChI is InChI=1S/C21H26N6O2/c1-13(2)29-16-6-7-19-17(9-16)20(27-26-19)21-24-8-4-5-18(25-21)15(10-22)12-23-11-14(3)28/h4-7,9-10,12-14,22-23,28H,8,11H2,1-3H3,(H,26,27)/b15-12+,22-10?. The number of aromatic nitrogens is 2. The molecule has 1 unspecified atom stereocenters. The number of aliphatic imine (C=N–C) groups is 2. The molecule has 8 nitrogen and oxygen atoms in total. The first-order valence-corrected chi connectivity index (χ1v) is 9.55. The number of nitrogens with zero attached hydrogens (tertiary/aromatic N) is 3. The second kappa shape index (κ2) is 9.29. The van der Waals surface area contributed by atoms with Gasteiger partial charge in [0.15, 0.2) is 5.84 Å². The molecule has 2 aromatic rings. The fourth-order valence-electron chi connectivity index (χ4n) is 2.82. The van der Waals surface area contributed by atoms with Crippen LogP contribution in [0, 0.1) is 5.41 Å². The van der Waals surface area contributed by atoms with Gasteiger partial charge in [0.2, 0.25) is 0 Å². The SMILES string of the molecule is CC(O)CN/C=C(\C=N)C1=NC(c2n[nH]c3ccc(OC(C)C)cc23)=NCC=C1. The summed E-state index contributed by atoms with van der Waals surface area (Å²) in [6.45, 7) is 6.51. The number of aromatic amines is 1. The molecule has 0 amide bonds. The summed E-state index contributed by atoms with van der Waals surface area (Å²) in [5.74, 6) is 1.25. The highest BCUT2D eigenvalue weighted by Gasteiger charge is 2.16. The molecule has 4 N–H and O–H groups in total. The van der Waals surface area contributed by atoms with Crippen LogP contribution in [-0.4, -0.2) is 58.4 Å². The Morgan fingerprint density at radius 3 is 2.93 bits per heavy atom. The fraction of sp³-hybridized carbons (Fsp3) is 0.333. The Bertz CT molecular complexity index is 998. The molecule has 29 heavy (non-hydrogen) atoms. The lowest BCUT2D eigenvalue weighted by molar-refractivity contribution is 0.196. The molecule has 0 saturated heterocycles. The van der Waals surface area contributed by atoms with Gasteiger partial charge in [0.05, 0.1) is 30.0 Å². The number of aliphatic hydroxyl groups excluding tert-OH is 1. The molecule has 1 aromatic heterocycles. The third-order valence-electron chi connectivity index (χ3n) is 4.09. The highest BCUT2D eigenvalue weighted by molar-refractivity contribution is 6.26. The maximum atomic E-state index is 9.40. The number of aliphatic hydroxyl groups is 1. The highest BCUT2D eigenvalue weighted by atomic mass is 16.5. The third-order valence-corrected chi connectivity index (χ3v) is 4.09. The van der Waals surface area contributed by atoms with Gasteiger partial charge in [0.1, 0.15) is 11.4 Å². The topological polar surface area (TPSA) is 119 Å². The Balaban J connectivity index is 1.96. The number of rotatable bonds is 8. The van der Waals surface area contributed by atoms with Crippen LogP contribution in [0.1, 0.15) is 26.5 Å². The molecular weight excluding hydrogens is 368 g/mol. The zero-order chi connectivity index (χ0) is 20.8. The second-order valence-electron chi connectivity index (χ2n) is 7.01. The molecule has 0 radical (unpaired) electrons. The first-order valence-electron chi connectivity index (χ1n) is 9.55. The average Bonchev–Trinajstić information content (AvgIpc) is 2.93. The molecule has 0 aliphatic carbocycles. The van der Waals surface area contributed by atoms with Crippen LogP contribution in [0.25, 0.3) is 10.9 Å². The van der Waals surface area contributed by atoms with Crippen molar-refractivity contribution >= 4 is 28.7 Å². The normalized spacial score (nSPS) is 15.7. The van der Waals surface area contributed by atoms with Crippen LogP contribution in [0.3, 0.4) is 0 Å². The largest absolute Gasteiger partial charge is 0.491 e. The van der Waals surface area contributed by atoms with Crippen molar-refractivity contribution in [1.29, 1.82) is 5.41 Å². The molecule has 3 rings (SSSR count). The summed E-state index contributed by atoms with van der Waals surface area (Å²) in [6, 6.07) is 5.76. The zero-order valence-electron chi connectivity index (χ0n) is 16.8. The Morgan fingerprint density at radius 2 is 2.21 bits per heavy atom. The van der Waals surface area contributed by atoms with Crippen LogP contribution in [0.15, 0.2) is 52.1 Å². The van der Waals surface area contributed by atoms with E-state index in [4.69, 9.17) is 10.1 Å². The maximum absolute atomic E-state index is 9.40. The van der Waals surface area contributed by atoms with Gasteiger partial charge in [-0.25, -0.2) is 4.99 Å². The Morgan fingerprint density at radius 1 is 1.38 bits per heavy atom. The second-order valence-corrected chi connectivity index (χ2v) is 7.01. The lowest BCUT2D eigenvalue weighted by Crippen LogP contribution is -2.21. The van der Waals surface area contributed by atoms with E-state index in [9.17, 15) is 5.11 Å². The van der Waals surface area contributed by atoms with Gasteiger partial charge in [-0.2, -0.15) is 5.10 Å². The van der Waals surface area contributed by atoms with Crippen molar-refractivity contribution in [2.45, 2.75) is 33.0 Å². The van der Waals surface area contributed by atoms with E-state index in [1.165, 1.54) is 6.21 Å². The highest BCUT2D eigenvalue weighted by Crippen LogP contribution is 2.24. The summed E-state index contributed by atoms with van der Waals surface area (Å²) in [6.07, 6.45) is 6.20. The minimum absolute atomic E-state index is 0.0706. The van der Waals surface area contributed by atoms with Crippen molar-refractivity contribution in [2.24, 2.45) is 9.98 Å². The zero-order valence-corrected chi connectivity index (χ0v) is 16.8. The van der Waals surface area contributed by atoms with Gasteiger partial charge in [-0.05, 0) is 45.0 Å². The lowest BCUT2D eigenvalue weighted by Gasteiger charge is -2.09. The van der Waals surface area contributed by atoms with Crippen molar-refractivity contribution in [1.82, 2.24) is 15.5 Å². The number of nitrogens with one attached hydrogen (secondary N) is 3.